The number of carbonyl (C=O) groups is 1. The van der Waals surface area contributed by atoms with E-state index < -0.39 is 0 Å². The Morgan fingerprint density at radius 2 is 2.00 bits per heavy atom. The highest BCUT2D eigenvalue weighted by Gasteiger charge is 2.24. The Morgan fingerprint density at radius 1 is 1.19 bits per heavy atom. The first kappa shape index (κ1) is 12.2. The molecule has 4 rings (SSSR count). The molecule has 3 aromatic rings. The van der Waals surface area contributed by atoms with Gasteiger partial charge in [-0.05, 0) is 18.2 Å². The number of benzene rings is 1. The Hall–Kier alpha value is -2.53. The van der Waals surface area contributed by atoms with E-state index in [0.29, 0.717) is 4.88 Å². The van der Waals surface area contributed by atoms with Crippen LogP contribution in [0.2, 0.25) is 0 Å². The number of Topliss-reactive ketones (excluding diaryl/α,β-unsaturated/α-hetero) is 1. The lowest BCUT2D eigenvalue weighted by molar-refractivity contribution is 0.102. The second kappa shape index (κ2) is 4.49. The van der Waals surface area contributed by atoms with Crippen LogP contribution in [-0.4, -0.2) is 17.1 Å². The molecule has 1 aliphatic rings. The van der Waals surface area contributed by atoms with Crippen molar-refractivity contribution < 1.29 is 4.79 Å². The molecule has 0 saturated carbocycles. The maximum atomic E-state index is 11.8. The Labute approximate surface area is 125 Å². The van der Waals surface area contributed by atoms with Gasteiger partial charge in [0.2, 0.25) is 0 Å². The Balaban J connectivity index is 2.00. The number of rotatable bonds is 2. The Bertz CT molecular complexity index is 883. The van der Waals surface area contributed by atoms with Crippen LogP contribution in [0.4, 0.5) is 17.1 Å². The standard InChI is InChI=1S/C16H11N3OS/c1-10(20)15-14-13-12(7-8-17-16(13)21-15)19(9-18-14)11-5-3-2-4-6-11/h2-9H,1H3. The van der Waals surface area contributed by atoms with Gasteiger partial charge in [0.05, 0.1) is 21.6 Å². The van der Waals surface area contributed by atoms with Crippen molar-refractivity contribution in [3.05, 3.63) is 47.5 Å². The fraction of sp³-hybridized carbons (Fsp3) is 0.0625. The van der Waals surface area contributed by atoms with Gasteiger partial charge in [-0.1, -0.05) is 18.2 Å². The molecule has 0 radical (unpaired) electrons. The van der Waals surface area contributed by atoms with Crippen molar-refractivity contribution in [1.82, 2.24) is 4.98 Å². The van der Waals surface area contributed by atoms with E-state index >= 15 is 0 Å². The second-order valence-electron chi connectivity index (χ2n) is 4.80. The molecule has 0 spiro atoms. The Morgan fingerprint density at radius 3 is 2.76 bits per heavy atom. The van der Waals surface area contributed by atoms with E-state index in [9.17, 15) is 4.79 Å². The molecule has 1 aromatic carbocycles. The van der Waals surface area contributed by atoms with Crippen LogP contribution in [0.5, 0.6) is 0 Å². The number of hydrogen-bond acceptors (Lipinski definition) is 5. The summed E-state index contributed by atoms with van der Waals surface area (Å²) < 4.78 is 0. The molecule has 0 bridgehead atoms. The lowest BCUT2D eigenvalue weighted by Gasteiger charge is -2.23. The second-order valence-corrected chi connectivity index (χ2v) is 5.80. The first-order valence-electron chi connectivity index (χ1n) is 6.56. The summed E-state index contributed by atoms with van der Waals surface area (Å²) >= 11 is 1.41. The first-order chi connectivity index (χ1) is 10.3. The maximum absolute atomic E-state index is 11.8. The van der Waals surface area contributed by atoms with Crippen LogP contribution in [0.3, 0.4) is 0 Å². The average Bonchev–Trinajstić information content (AvgIpc) is 2.90. The van der Waals surface area contributed by atoms with E-state index in [-0.39, 0.29) is 5.78 Å². The summed E-state index contributed by atoms with van der Waals surface area (Å²) in [6.45, 7) is 1.57. The number of aliphatic imine (C=N–C) groups is 1. The predicted molar refractivity (Wildman–Crippen MR) is 86.4 cm³/mol. The average molecular weight is 293 g/mol. The molecule has 1 aliphatic heterocycles. The number of aromatic nitrogens is 1. The van der Waals surface area contributed by atoms with Gasteiger partial charge in [0.15, 0.2) is 5.78 Å². The minimum Gasteiger partial charge on any atom is -0.300 e. The lowest BCUT2D eigenvalue weighted by atomic mass is 10.1. The molecule has 0 amide bonds. The third-order valence-corrected chi connectivity index (χ3v) is 4.65. The normalized spacial score (nSPS) is 12.9. The van der Waals surface area contributed by atoms with Gasteiger partial charge in [0.1, 0.15) is 11.2 Å². The molecule has 0 fully saturated rings. The molecule has 102 valence electrons. The van der Waals surface area contributed by atoms with Crippen LogP contribution in [0, 0.1) is 0 Å². The number of hydrogen-bond donors (Lipinski definition) is 0. The quantitative estimate of drug-likeness (QED) is 0.661. The molecule has 4 nitrogen and oxygen atoms in total. The highest BCUT2D eigenvalue weighted by molar-refractivity contribution is 7.21. The molecule has 21 heavy (non-hydrogen) atoms. The highest BCUT2D eigenvalue weighted by Crippen LogP contribution is 2.45. The van der Waals surface area contributed by atoms with Gasteiger partial charge in [-0.3, -0.25) is 4.79 Å². The zero-order valence-corrected chi connectivity index (χ0v) is 12.1. The molecular formula is C16H11N3OS. The number of thiophene rings is 1. The predicted octanol–water partition coefficient (Wildman–Crippen LogP) is 4.31. The van der Waals surface area contributed by atoms with Gasteiger partial charge in [-0.2, -0.15) is 0 Å². The number of para-hydroxylation sites is 1. The molecule has 0 atom stereocenters. The zero-order valence-electron chi connectivity index (χ0n) is 11.3. The van der Waals surface area contributed by atoms with Crippen molar-refractivity contribution in [2.75, 3.05) is 4.90 Å². The van der Waals surface area contributed by atoms with Crippen LogP contribution < -0.4 is 4.90 Å². The van der Waals surface area contributed by atoms with E-state index in [1.54, 1.807) is 19.5 Å². The van der Waals surface area contributed by atoms with Crippen LogP contribution in [0.15, 0.2) is 47.6 Å². The van der Waals surface area contributed by atoms with Crippen molar-refractivity contribution in [2.45, 2.75) is 6.92 Å². The highest BCUT2D eigenvalue weighted by atomic mass is 32.1. The summed E-state index contributed by atoms with van der Waals surface area (Å²) in [6, 6.07) is 12.0. The molecular weight excluding hydrogens is 282 g/mol. The van der Waals surface area contributed by atoms with E-state index in [1.165, 1.54) is 11.3 Å². The van der Waals surface area contributed by atoms with E-state index in [2.05, 4.69) is 9.98 Å². The van der Waals surface area contributed by atoms with Crippen LogP contribution in [0.1, 0.15) is 16.6 Å². The first-order valence-corrected chi connectivity index (χ1v) is 7.38. The summed E-state index contributed by atoms with van der Waals surface area (Å²) in [5.41, 5.74) is 2.80. The number of anilines is 2. The lowest BCUT2D eigenvalue weighted by Crippen LogP contribution is -2.16. The number of pyridine rings is 1. The molecule has 5 heteroatoms. The largest absolute Gasteiger partial charge is 0.300 e. The number of carbonyl (C=O) groups excluding carboxylic acids is 1. The third kappa shape index (κ3) is 1.78. The molecule has 0 aliphatic carbocycles. The van der Waals surface area contributed by atoms with Gasteiger partial charge in [-0.15, -0.1) is 11.3 Å². The maximum Gasteiger partial charge on any atom is 0.172 e. The van der Waals surface area contributed by atoms with Crippen molar-refractivity contribution in [3.8, 4) is 0 Å². The fourth-order valence-electron chi connectivity index (χ4n) is 2.53. The van der Waals surface area contributed by atoms with Gasteiger partial charge >= 0.3 is 0 Å². The smallest absolute Gasteiger partial charge is 0.172 e. The van der Waals surface area contributed by atoms with Crippen molar-refractivity contribution in [3.63, 3.8) is 0 Å². The Kier molecular flexibility index (Phi) is 2.62. The third-order valence-electron chi connectivity index (χ3n) is 3.46. The molecule has 0 unspecified atom stereocenters. The van der Waals surface area contributed by atoms with Gasteiger partial charge < -0.3 is 4.90 Å². The number of nitrogens with zero attached hydrogens (tertiary/aromatic N) is 3. The monoisotopic (exact) mass is 293 g/mol. The summed E-state index contributed by atoms with van der Waals surface area (Å²) in [7, 11) is 0. The SMILES string of the molecule is CC(=O)c1sc2nccc3c2c1N=CN3c1ccccc1. The van der Waals surface area contributed by atoms with Crippen LogP contribution in [0.25, 0.3) is 10.2 Å². The van der Waals surface area contributed by atoms with Crippen LogP contribution in [-0.2, 0) is 0 Å². The van der Waals surface area contributed by atoms with Crippen LogP contribution >= 0.6 is 11.3 Å². The number of ketones is 1. The fourth-order valence-corrected chi connectivity index (χ4v) is 3.53. The molecule has 2 aromatic heterocycles. The minimum atomic E-state index is 0.0317. The summed E-state index contributed by atoms with van der Waals surface area (Å²) in [5, 5.41) is 0.957. The topological polar surface area (TPSA) is 45.6 Å². The molecule has 0 saturated heterocycles. The van der Waals surface area contributed by atoms with Crippen molar-refractivity contribution in [2.24, 2.45) is 4.99 Å². The van der Waals surface area contributed by atoms with E-state index in [0.717, 1.165) is 27.3 Å². The van der Waals surface area contributed by atoms with Crippen molar-refractivity contribution >= 4 is 50.7 Å². The summed E-state index contributed by atoms with van der Waals surface area (Å²) in [4.78, 5) is 24.2. The van der Waals surface area contributed by atoms with Crippen molar-refractivity contribution in [1.29, 1.82) is 0 Å². The molecule has 3 heterocycles. The minimum absolute atomic E-state index is 0.0317. The summed E-state index contributed by atoms with van der Waals surface area (Å²) in [6.07, 6.45) is 3.54. The van der Waals surface area contributed by atoms with Gasteiger partial charge in [0, 0.05) is 18.8 Å². The van der Waals surface area contributed by atoms with E-state index in [4.69, 9.17) is 0 Å². The zero-order chi connectivity index (χ0) is 14.4. The van der Waals surface area contributed by atoms with E-state index in [1.807, 2.05) is 41.3 Å². The van der Waals surface area contributed by atoms with Gasteiger partial charge in [-0.25, -0.2) is 9.98 Å². The summed E-state index contributed by atoms with van der Waals surface area (Å²) in [5.74, 6) is 0.0317. The van der Waals surface area contributed by atoms with Gasteiger partial charge in [0.25, 0.3) is 0 Å². The molecule has 0 N–H and O–H groups in total.